The van der Waals surface area contributed by atoms with Crippen LogP contribution in [-0.4, -0.2) is 35.8 Å². The van der Waals surface area contributed by atoms with Gasteiger partial charge in [-0.2, -0.15) is 4.31 Å². The smallest absolute Gasteiger partial charge is 0.260 e. The van der Waals surface area contributed by atoms with Crippen molar-refractivity contribution < 1.29 is 8.42 Å². The molecule has 2 aromatic rings. The highest BCUT2D eigenvalue weighted by molar-refractivity contribution is 7.89. The lowest BCUT2D eigenvalue weighted by Gasteiger charge is -2.29. The molecule has 1 heterocycles. The minimum absolute atomic E-state index is 0.0324. The van der Waals surface area contributed by atoms with Crippen molar-refractivity contribution in [2.24, 2.45) is 0 Å². The van der Waals surface area contributed by atoms with Crippen LogP contribution in [0.3, 0.4) is 0 Å². The average Bonchev–Trinajstić information content (AvgIpc) is 3.00. The Balaban J connectivity index is 2.23. The van der Waals surface area contributed by atoms with Crippen molar-refractivity contribution in [3.63, 3.8) is 0 Å². The van der Waals surface area contributed by atoms with Crippen molar-refractivity contribution in [1.29, 1.82) is 0 Å². The number of aromatic amines is 1. The summed E-state index contributed by atoms with van der Waals surface area (Å²) >= 11 is 5.88. The summed E-state index contributed by atoms with van der Waals surface area (Å²) in [5.41, 5.74) is 1.04. The molecule has 7 heteroatoms. The summed E-state index contributed by atoms with van der Waals surface area (Å²) in [4.78, 5) is 6.41. The molecule has 0 bridgehead atoms. The summed E-state index contributed by atoms with van der Waals surface area (Å²) in [5, 5.41) is 0.761. The van der Waals surface area contributed by atoms with Crippen LogP contribution in [0.2, 0.25) is 5.02 Å². The maximum Gasteiger partial charge on any atom is 0.260 e. The third-order valence-electron chi connectivity index (χ3n) is 3.82. The summed E-state index contributed by atoms with van der Waals surface area (Å²) in [6.07, 6.45) is 2.67. The minimum atomic E-state index is -3.57. The van der Waals surface area contributed by atoms with Crippen LogP contribution < -0.4 is 0 Å². The van der Waals surface area contributed by atoms with Gasteiger partial charge in [-0.15, -0.1) is 0 Å². The highest BCUT2D eigenvalue weighted by Crippen LogP contribution is 2.26. The molecule has 0 aliphatic heterocycles. The fraction of sp³-hybridized carbons (Fsp3) is 0.357. The minimum Gasteiger partial charge on any atom is -0.335 e. The highest BCUT2D eigenvalue weighted by atomic mass is 35.5. The molecule has 5 nitrogen and oxygen atoms in total. The molecule has 0 amide bonds. The molecule has 2 rings (SSSR count). The summed E-state index contributed by atoms with van der Waals surface area (Å²) < 4.78 is 26.3. The Morgan fingerprint density at radius 1 is 1.24 bits per heavy atom. The Labute approximate surface area is 130 Å². The molecule has 0 saturated carbocycles. The van der Waals surface area contributed by atoms with E-state index in [9.17, 15) is 8.42 Å². The monoisotopic (exact) mass is 327 g/mol. The Bertz CT molecular complexity index is 684. The molecule has 0 saturated heterocycles. The van der Waals surface area contributed by atoms with Crippen molar-refractivity contribution >= 4 is 21.6 Å². The predicted octanol–water partition coefficient (Wildman–Crippen LogP) is 2.88. The zero-order chi connectivity index (χ0) is 15.6. The van der Waals surface area contributed by atoms with Gasteiger partial charge in [-0.1, -0.05) is 30.7 Å². The molecule has 0 radical (unpaired) electrons. The van der Waals surface area contributed by atoms with Gasteiger partial charge in [-0.25, -0.2) is 13.4 Å². The number of halogens is 1. The van der Waals surface area contributed by atoms with E-state index in [1.165, 1.54) is 16.8 Å². The zero-order valence-corrected chi connectivity index (χ0v) is 13.7. The Kier molecular flexibility index (Phi) is 4.70. The number of hydrogen-bond donors (Lipinski definition) is 1. The molecular weight excluding hydrogens is 310 g/mol. The van der Waals surface area contributed by atoms with Gasteiger partial charge in [0.2, 0.25) is 0 Å². The lowest BCUT2D eigenvalue weighted by Crippen LogP contribution is -2.38. The summed E-state index contributed by atoms with van der Waals surface area (Å²) in [6, 6.07) is 7.24. The molecule has 1 aromatic carbocycles. The van der Waals surface area contributed by atoms with E-state index in [1.807, 2.05) is 38.1 Å². The number of benzene rings is 1. The Hall–Kier alpha value is -1.37. The molecule has 114 valence electrons. The van der Waals surface area contributed by atoms with E-state index in [0.717, 1.165) is 5.56 Å². The molecule has 0 aliphatic rings. The van der Waals surface area contributed by atoms with Crippen LogP contribution in [0.15, 0.2) is 41.8 Å². The van der Waals surface area contributed by atoms with E-state index in [2.05, 4.69) is 9.97 Å². The average molecular weight is 328 g/mol. The van der Waals surface area contributed by atoms with Crippen molar-refractivity contribution in [2.45, 2.75) is 30.8 Å². The van der Waals surface area contributed by atoms with Gasteiger partial charge in [0.25, 0.3) is 10.0 Å². The first-order valence-electron chi connectivity index (χ1n) is 6.56. The Morgan fingerprint density at radius 2 is 1.86 bits per heavy atom. The molecule has 2 atom stereocenters. The van der Waals surface area contributed by atoms with E-state index in [4.69, 9.17) is 11.6 Å². The summed E-state index contributed by atoms with van der Waals surface area (Å²) in [7, 11) is -1.99. The second-order valence-electron chi connectivity index (χ2n) is 5.02. The van der Waals surface area contributed by atoms with Crippen LogP contribution in [-0.2, 0) is 10.0 Å². The molecule has 0 aliphatic carbocycles. The van der Waals surface area contributed by atoms with Gasteiger partial charge in [0, 0.05) is 18.1 Å². The molecule has 0 spiro atoms. The van der Waals surface area contributed by atoms with Gasteiger partial charge >= 0.3 is 0 Å². The van der Waals surface area contributed by atoms with Crippen LogP contribution in [0.4, 0.5) is 0 Å². The molecule has 21 heavy (non-hydrogen) atoms. The maximum atomic E-state index is 12.5. The highest BCUT2D eigenvalue weighted by Gasteiger charge is 2.30. The standard InChI is InChI=1S/C14H18ClN3O2S/c1-10(12-4-6-13(15)7-5-12)11(2)18(3)21(19,20)14-8-16-9-17-14/h4-11H,1-3H3,(H,16,17). The van der Waals surface area contributed by atoms with Crippen molar-refractivity contribution in [3.8, 4) is 0 Å². The van der Waals surface area contributed by atoms with Crippen LogP contribution in [0.25, 0.3) is 0 Å². The van der Waals surface area contributed by atoms with Gasteiger partial charge in [0.1, 0.15) is 0 Å². The van der Waals surface area contributed by atoms with Crippen molar-refractivity contribution in [1.82, 2.24) is 14.3 Å². The maximum absolute atomic E-state index is 12.5. The van der Waals surface area contributed by atoms with Crippen LogP contribution >= 0.6 is 11.6 Å². The van der Waals surface area contributed by atoms with Crippen molar-refractivity contribution in [2.75, 3.05) is 7.05 Å². The summed E-state index contributed by atoms with van der Waals surface area (Å²) in [5.74, 6) is 0.0324. The van der Waals surface area contributed by atoms with E-state index in [1.54, 1.807) is 7.05 Å². The van der Waals surface area contributed by atoms with Gasteiger partial charge < -0.3 is 4.98 Å². The number of nitrogens with zero attached hydrogens (tertiary/aromatic N) is 2. The van der Waals surface area contributed by atoms with Gasteiger partial charge in [0.05, 0.1) is 12.5 Å². The SMILES string of the molecule is CC(c1ccc(Cl)cc1)C(C)N(C)S(=O)(=O)c1cnc[nH]1. The van der Waals surface area contributed by atoms with Crippen molar-refractivity contribution in [3.05, 3.63) is 47.4 Å². The third-order valence-corrected chi connectivity index (χ3v) is 5.94. The first-order chi connectivity index (χ1) is 9.84. The van der Waals surface area contributed by atoms with E-state index < -0.39 is 10.0 Å². The fourth-order valence-corrected chi connectivity index (χ4v) is 3.57. The molecule has 1 aromatic heterocycles. The quantitative estimate of drug-likeness (QED) is 0.918. The second-order valence-corrected chi connectivity index (χ2v) is 7.42. The number of H-pyrrole nitrogens is 1. The topological polar surface area (TPSA) is 66.1 Å². The Morgan fingerprint density at radius 3 is 2.38 bits per heavy atom. The number of aromatic nitrogens is 2. The van der Waals surface area contributed by atoms with Crippen LogP contribution in [0.1, 0.15) is 25.3 Å². The number of sulfonamides is 1. The number of imidazole rings is 1. The fourth-order valence-electron chi connectivity index (χ4n) is 2.12. The number of nitrogens with one attached hydrogen (secondary N) is 1. The molecule has 2 unspecified atom stereocenters. The van der Waals surface area contributed by atoms with Gasteiger partial charge in [-0.05, 0) is 30.5 Å². The third kappa shape index (κ3) is 3.28. The lowest BCUT2D eigenvalue weighted by atomic mass is 9.95. The van der Waals surface area contributed by atoms with E-state index >= 15 is 0 Å². The van der Waals surface area contributed by atoms with Crippen LogP contribution in [0.5, 0.6) is 0 Å². The zero-order valence-electron chi connectivity index (χ0n) is 12.1. The number of rotatable bonds is 5. The molecular formula is C14H18ClN3O2S. The molecule has 0 fully saturated rings. The predicted molar refractivity (Wildman–Crippen MR) is 82.9 cm³/mol. The summed E-state index contributed by atoms with van der Waals surface area (Å²) in [6.45, 7) is 3.88. The second kappa shape index (κ2) is 6.17. The largest absolute Gasteiger partial charge is 0.335 e. The van der Waals surface area contributed by atoms with E-state index in [-0.39, 0.29) is 17.0 Å². The molecule has 1 N–H and O–H groups in total. The van der Waals surface area contributed by atoms with Gasteiger partial charge in [-0.3, -0.25) is 0 Å². The van der Waals surface area contributed by atoms with Gasteiger partial charge in [0.15, 0.2) is 5.03 Å². The first-order valence-corrected chi connectivity index (χ1v) is 8.37. The van der Waals surface area contributed by atoms with Crippen LogP contribution in [0, 0.1) is 0 Å². The number of hydrogen-bond acceptors (Lipinski definition) is 3. The first kappa shape index (κ1) is 16.0. The lowest BCUT2D eigenvalue weighted by molar-refractivity contribution is 0.349. The number of likely N-dealkylation sites (N-methyl/N-ethyl adjacent to an activating group) is 1. The normalized spacial score (nSPS) is 15.1. The van der Waals surface area contributed by atoms with E-state index in [0.29, 0.717) is 5.02 Å².